The molecule has 0 radical (unpaired) electrons. The van der Waals surface area contributed by atoms with E-state index in [-0.39, 0.29) is 79.1 Å². The Hall–Kier alpha value is 1.94. The predicted octanol–water partition coefficient (Wildman–Crippen LogP) is -3.98. The number of nitrogens with two attached hydrogens (primary N) is 1. The van der Waals surface area contributed by atoms with Gasteiger partial charge in [-0.2, -0.15) is 0 Å². The summed E-state index contributed by atoms with van der Waals surface area (Å²) in [5.74, 6) is 1.13. The molecule has 0 aliphatic carbocycles. The van der Waals surface area contributed by atoms with E-state index in [4.69, 9.17) is 5.73 Å². The first-order chi connectivity index (χ1) is 3.89. The summed E-state index contributed by atoms with van der Waals surface area (Å²) in [5, 5.41) is 0. The Morgan fingerprint density at radius 1 is 1.00 bits per heavy atom. The van der Waals surface area contributed by atoms with Gasteiger partial charge in [-0.25, -0.2) is 0 Å². The van der Waals surface area contributed by atoms with Crippen LogP contribution in [0.25, 0.3) is 0 Å². The van der Waals surface area contributed by atoms with E-state index in [9.17, 15) is 0 Å². The van der Waals surface area contributed by atoms with Gasteiger partial charge in [0, 0.05) is 5.54 Å². The van der Waals surface area contributed by atoms with Crippen LogP contribution in [0.1, 0.15) is 34.6 Å². The number of rotatable bonds is 2. The fourth-order valence-corrected chi connectivity index (χ4v) is 0.667. The van der Waals surface area contributed by atoms with Crippen LogP contribution in [0.15, 0.2) is 0 Å². The van der Waals surface area contributed by atoms with Crippen LogP contribution in [0, 0.1) is 11.8 Å². The van der Waals surface area contributed by atoms with Gasteiger partial charge in [0.2, 0.25) is 0 Å². The van der Waals surface area contributed by atoms with E-state index in [2.05, 4.69) is 34.6 Å². The standard InChI is InChI=1S/C8H19N.Cs.FH/c1-6(2)8(5,9)7(3)4;;/h6-7H,9H2,1-5H3;;1H/q;+1;/p-1. The first kappa shape index (κ1) is 18.7. The summed E-state index contributed by atoms with van der Waals surface area (Å²) in [6.07, 6.45) is 0. The Bertz CT molecular complexity index is 82.1. The number of halogens is 1. The third-order valence-electron chi connectivity index (χ3n) is 2.49. The molecule has 0 aliphatic rings. The van der Waals surface area contributed by atoms with Gasteiger partial charge in [-0.1, -0.05) is 27.7 Å². The van der Waals surface area contributed by atoms with Gasteiger partial charge in [-0.3, -0.25) is 0 Å². The summed E-state index contributed by atoms with van der Waals surface area (Å²) in [7, 11) is 0. The van der Waals surface area contributed by atoms with Gasteiger partial charge in [0.1, 0.15) is 0 Å². The van der Waals surface area contributed by atoms with Gasteiger partial charge >= 0.3 is 68.9 Å². The third kappa shape index (κ3) is 6.07. The minimum atomic E-state index is 0. The van der Waals surface area contributed by atoms with Crippen LogP contribution in [0.4, 0.5) is 0 Å². The third-order valence-corrected chi connectivity index (χ3v) is 2.49. The Balaban J connectivity index is -0.000000320. The van der Waals surface area contributed by atoms with Crippen LogP contribution < -0.4 is 79.3 Å². The second-order valence-corrected chi connectivity index (χ2v) is 3.68. The van der Waals surface area contributed by atoms with Crippen molar-refractivity contribution in [2.45, 2.75) is 40.2 Å². The zero-order valence-corrected chi connectivity index (χ0v) is 14.9. The molecule has 0 aliphatic heterocycles. The SMILES string of the molecule is CC(C)C(C)(N)C(C)C.[Cs+].[F-]. The monoisotopic (exact) mass is 281 g/mol. The van der Waals surface area contributed by atoms with E-state index in [0.717, 1.165) is 0 Å². The molecule has 3 heteroatoms. The maximum atomic E-state index is 6.00. The minimum absolute atomic E-state index is 0. The van der Waals surface area contributed by atoms with E-state index in [1.807, 2.05) is 0 Å². The Labute approximate surface area is 129 Å². The molecule has 11 heavy (non-hydrogen) atoms. The molecule has 0 unspecified atom stereocenters. The Morgan fingerprint density at radius 2 is 1.18 bits per heavy atom. The summed E-state index contributed by atoms with van der Waals surface area (Å²) < 4.78 is 0. The van der Waals surface area contributed by atoms with Crippen molar-refractivity contribution in [2.75, 3.05) is 0 Å². The van der Waals surface area contributed by atoms with Crippen LogP contribution in [0.5, 0.6) is 0 Å². The van der Waals surface area contributed by atoms with Crippen molar-refractivity contribution < 1.29 is 73.6 Å². The molecule has 0 aromatic rings. The molecule has 2 N–H and O–H groups in total. The van der Waals surface area contributed by atoms with Gasteiger partial charge in [-0.15, -0.1) is 0 Å². The molecule has 0 heterocycles. The van der Waals surface area contributed by atoms with E-state index < -0.39 is 0 Å². The molecule has 0 aromatic carbocycles. The number of hydrogen-bond donors (Lipinski definition) is 1. The Morgan fingerprint density at radius 3 is 1.18 bits per heavy atom. The average Bonchev–Trinajstić information content (AvgIpc) is 1.65. The fraction of sp³-hybridized carbons (Fsp3) is 1.00. The predicted molar refractivity (Wildman–Crippen MR) is 42.3 cm³/mol. The van der Waals surface area contributed by atoms with E-state index >= 15 is 0 Å². The van der Waals surface area contributed by atoms with Crippen LogP contribution in [0.2, 0.25) is 0 Å². The molecule has 0 spiro atoms. The van der Waals surface area contributed by atoms with E-state index in [1.165, 1.54) is 0 Å². The summed E-state index contributed by atoms with van der Waals surface area (Å²) in [6.45, 7) is 10.8. The molecule has 0 bridgehead atoms. The van der Waals surface area contributed by atoms with Gasteiger partial charge < -0.3 is 10.4 Å². The molecular weight excluding hydrogens is 262 g/mol. The Kier molecular flexibility index (Phi) is 12.5. The van der Waals surface area contributed by atoms with Gasteiger partial charge in [0.05, 0.1) is 0 Å². The minimum Gasteiger partial charge on any atom is -1.00 e. The summed E-state index contributed by atoms with van der Waals surface area (Å²) in [4.78, 5) is 0. The second-order valence-electron chi connectivity index (χ2n) is 3.68. The molecule has 1 nitrogen and oxygen atoms in total. The zero-order chi connectivity index (χ0) is 7.65. The number of hydrogen-bond acceptors (Lipinski definition) is 1. The van der Waals surface area contributed by atoms with Crippen molar-refractivity contribution in [1.82, 2.24) is 0 Å². The van der Waals surface area contributed by atoms with Crippen molar-refractivity contribution in [3.8, 4) is 0 Å². The van der Waals surface area contributed by atoms with Crippen LogP contribution >= 0.6 is 0 Å². The topological polar surface area (TPSA) is 26.0 Å². The molecule has 64 valence electrons. The van der Waals surface area contributed by atoms with E-state index in [1.54, 1.807) is 0 Å². The first-order valence-corrected chi connectivity index (χ1v) is 3.68. The van der Waals surface area contributed by atoms with Gasteiger partial charge in [0.15, 0.2) is 0 Å². The smallest absolute Gasteiger partial charge is 1.00 e. The van der Waals surface area contributed by atoms with Crippen molar-refractivity contribution in [2.24, 2.45) is 17.6 Å². The molecule has 0 aromatic heterocycles. The van der Waals surface area contributed by atoms with Crippen LogP contribution in [0.3, 0.4) is 0 Å². The molecule has 0 saturated carbocycles. The van der Waals surface area contributed by atoms with Crippen LogP contribution in [-0.4, -0.2) is 5.54 Å². The van der Waals surface area contributed by atoms with Gasteiger partial charge in [-0.05, 0) is 18.8 Å². The summed E-state index contributed by atoms with van der Waals surface area (Å²) in [6, 6.07) is 0. The second kappa shape index (κ2) is 7.36. The maximum absolute atomic E-state index is 6.00. The largest absolute Gasteiger partial charge is 1.00 e. The summed E-state index contributed by atoms with van der Waals surface area (Å²) >= 11 is 0. The van der Waals surface area contributed by atoms with E-state index in [0.29, 0.717) is 11.8 Å². The zero-order valence-electron chi connectivity index (χ0n) is 8.61. The normalized spacial score (nSPS) is 10.9. The molecule has 0 amide bonds. The van der Waals surface area contributed by atoms with Crippen molar-refractivity contribution in [3.63, 3.8) is 0 Å². The molecule has 0 saturated heterocycles. The van der Waals surface area contributed by atoms with Crippen molar-refractivity contribution in [3.05, 3.63) is 0 Å². The van der Waals surface area contributed by atoms with Crippen molar-refractivity contribution >= 4 is 0 Å². The van der Waals surface area contributed by atoms with Crippen molar-refractivity contribution in [1.29, 1.82) is 0 Å². The molecule has 0 fully saturated rings. The average molecular weight is 281 g/mol. The quantitative estimate of drug-likeness (QED) is 0.549. The maximum Gasteiger partial charge on any atom is 1.00 e. The molecule has 0 rings (SSSR count). The fourth-order valence-electron chi connectivity index (χ4n) is 0.667. The van der Waals surface area contributed by atoms with Crippen LogP contribution in [-0.2, 0) is 0 Å². The first-order valence-electron chi connectivity index (χ1n) is 3.68. The summed E-state index contributed by atoms with van der Waals surface area (Å²) in [5.41, 5.74) is 6.00. The molecular formula is C8H19CsFN. The molecule has 0 atom stereocenters. The van der Waals surface area contributed by atoms with Gasteiger partial charge in [0.25, 0.3) is 0 Å².